The molecule has 0 amide bonds. The number of methoxy groups -OCH3 is 1. The highest BCUT2D eigenvalue weighted by atomic mass is 32.2. The Kier molecular flexibility index (Phi) is 3.24. The minimum absolute atomic E-state index is 0.206. The number of ether oxygens (including phenoxy) is 1. The van der Waals surface area contributed by atoms with E-state index < -0.39 is 15.6 Å². The van der Waals surface area contributed by atoms with Gasteiger partial charge in [-0.05, 0) is 19.8 Å². The number of piperidine rings is 1. The quantitative estimate of drug-likeness (QED) is 0.862. The van der Waals surface area contributed by atoms with E-state index in [-0.39, 0.29) is 4.90 Å². The molecule has 1 saturated heterocycles. The van der Waals surface area contributed by atoms with Gasteiger partial charge >= 0.3 is 0 Å². The number of rotatable bonds is 3. The van der Waals surface area contributed by atoms with Crippen LogP contribution < -0.4 is 0 Å². The van der Waals surface area contributed by atoms with Crippen molar-refractivity contribution in [2.45, 2.75) is 30.3 Å². The minimum Gasteiger partial charge on any atom is -0.377 e. The second-order valence-corrected chi connectivity index (χ2v) is 6.47. The van der Waals surface area contributed by atoms with Gasteiger partial charge < -0.3 is 4.74 Å². The molecule has 96 valence electrons. The van der Waals surface area contributed by atoms with Crippen LogP contribution in [0.5, 0.6) is 0 Å². The minimum atomic E-state index is -3.44. The number of nitrogens with zero attached hydrogens (tertiary/aromatic N) is 2. The highest BCUT2D eigenvalue weighted by Crippen LogP contribution is 2.27. The average Bonchev–Trinajstić information content (AvgIpc) is 2.83. The Morgan fingerprint density at radius 1 is 1.59 bits per heavy atom. The zero-order valence-electron chi connectivity index (χ0n) is 10.0. The topological polar surface area (TPSA) is 75.3 Å². The first-order valence-electron chi connectivity index (χ1n) is 5.52. The van der Waals surface area contributed by atoms with Crippen LogP contribution in [0.25, 0.3) is 0 Å². The molecule has 1 N–H and O–H groups in total. The maximum absolute atomic E-state index is 12.3. The fraction of sp³-hybridized carbons (Fsp3) is 0.700. The standard InChI is InChI=1S/C10H17N3O3S/c1-10(16-2)4-3-5-13(8-10)17(14,15)9-6-11-12-7-9/h6-7H,3-5,8H2,1-2H3,(H,11,12). The molecule has 1 aliphatic rings. The van der Waals surface area contributed by atoms with Crippen molar-refractivity contribution in [1.82, 2.24) is 14.5 Å². The van der Waals surface area contributed by atoms with Crippen LogP contribution in [0.3, 0.4) is 0 Å². The summed E-state index contributed by atoms with van der Waals surface area (Å²) in [5.41, 5.74) is -0.394. The van der Waals surface area contributed by atoms with Gasteiger partial charge in [-0.1, -0.05) is 0 Å². The molecule has 1 atom stereocenters. The zero-order valence-corrected chi connectivity index (χ0v) is 10.8. The van der Waals surface area contributed by atoms with Gasteiger partial charge in [0, 0.05) is 26.4 Å². The lowest BCUT2D eigenvalue weighted by Gasteiger charge is -2.38. The summed E-state index contributed by atoms with van der Waals surface area (Å²) in [6.07, 6.45) is 4.41. The summed E-state index contributed by atoms with van der Waals surface area (Å²) in [7, 11) is -1.82. The fourth-order valence-corrected chi connectivity index (χ4v) is 3.56. The van der Waals surface area contributed by atoms with Gasteiger partial charge in [0.05, 0.1) is 11.8 Å². The van der Waals surface area contributed by atoms with E-state index >= 15 is 0 Å². The van der Waals surface area contributed by atoms with Crippen LogP contribution in [0.4, 0.5) is 0 Å². The Labute approximate surface area is 101 Å². The van der Waals surface area contributed by atoms with Crippen molar-refractivity contribution in [2.24, 2.45) is 0 Å². The highest BCUT2D eigenvalue weighted by molar-refractivity contribution is 7.89. The smallest absolute Gasteiger partial charge is 0.246 e. The van der Waals surface area contributed by atoms with Gasteiger partial charge in [-0.2, -0.15) is 9.40 Å². The number of H-pyrrole nitrogens is 1. The van der Waals surface area contributed by atoms with Crippen LogP contribution in [0.2, 0.25) is 0 Å². The Morgan fingerprint density at radius 2 is 2.35 bits per heavy atom. The predicted octanol–water partition coefficient (Wildman–Crippen LogP) is 0.599. The van der Waals surface area contributed by atoms with Crippen LogP contribution in [0.15, 0.2) is 17.3 Å². The fourth-order valence-electron chi connectivity index (χ4n) is 2.06. The highest BCUT2D eigenvalue weighted by Gasteiger charge is 2.37. The first kappa shape index (κ1) is 12.5. The second-order valence-electron chi connectivity index (χ2n) is 4.53. The average molecular weight is 259 g/mol. The lowest BCUT2D eigenvalue weighted by molar-refractivity contribution is -0.0319. The summed E-state index contributed by atoms with van der Waals surface area (Å²) in [6, 6.07) is 0. The predicted molar refractivity (Wildman–Crippen MR) is 62.0 cm³/mol. The molecule has 6 nitrogen and oxygen atoms in total. The van der Waals surface area contributed by atoms with Crippen molar-refractivity contribution in [3.63, 3.8) is 0 Å². The van der Waals surface area contributed by atoms with Crippen molar-refractivity contribution < 1.29 is 13.2 Å². The summed E-state index contributed by atoms with van der Waals surface area (Å²) >= 11 is 0. The third-order valence-electron chi connectivity index (χ3n) is 3.23. The third kappa shape index (κ3) is 2.36. The molecule has 17 heavy (non-hydrogen) atoms. The molecule has 7 heteroatoms. The molecular formula is C10H17N3O3S. The van der Waals surface area contributed by atoms with E-state index in [1.165, 1.54) is 16.7 Å². The maximum atomic E-state index is 12.3. The molecule has 1 aliphatic heterocycles. The van der Waals surface area contributed by atoms with Crippen LogP contribution >= 0.6 is 0 Å². The normalized spacial score (nSPS) is 27.2. The molecule has 0 bridgehead atoms. The Balaban J connectivity index is 2.23. The molecule has 0 aliphatic carbocycles. The molecule has 2 heterocycles. The summed E-state index contributed by atoms with van der Waals surface area (Å²) in [5, 5.41) is 6.20. The molecule has 0 spiro atoms. The van der Waals surface area contributed by atoms with Crippen molar-refractivity contribution >= 4 is 10.0 Å². The Morgan fingerprint density at radius 3 is 2.94 bits per heavy atom. The van der Waals surface area contributed by atoms with Gasteiger partial charge in [0.25, 0.3) is 0 Å². The van der Waals surface area contributed by atoms with E-state index in [4.69, 9.17) is 4.74 Å². The lowest BCUT2D eigenvalue weighted by atomic mass is 9.96. The lowest BCUT2D eigenvalue weighted by Crippen LogP contribution is -2.49. The summed E-state index contributed by atoms with van der Waals surface area (Å²) in [6.45, 7) is 2.85. The van der Waals surface area contributed by atoms with Crippen molar-refractivity contribution in [3.05, 3.63) is 12.4 Å². The monoisotopic (exact) mass is 259 g/mol. The summed E-state index contributed by atoms with van der Waals surface area (Å²) in [5.74, 6) is 0. The van der Waals surface area contributed by atoms with E-state index in [1.54, 1.807) is 7.11 Å². The summed E-state index contributed by atoms with van der Waals surface area (Å²) in [4.78, 5) is 0.206. The number of nitrogens with one attached hydrogen (secondary N) is 1. The SMILES string of the molecule is COC1(C)CCCN(S(=O)(=O)c2cn[nH]c2)C1. The van der Waals surface area contributed by atoms with Crippen LogP contribution in [-0.4, -0.2) is 48.7 Å². The van der Waals surface area contributed by atoms with E-state index in [9.17, 15) is 8.42 Å². The van der Waals surface area contributed by atoms with Gasteiger partial charge in [-0.3, -0.25) is 5.10 Å². The molecule has 2 rings (SSSR count). The number of hydrogen-bond donors (Lipinski definition) is 1. The van der Waals surface area contributed by atoms with E-state index in [0.717, 1.165) is 12.8 Å². The maximum Gasteiger partial charge on any atom is 0.246 e. The van der Waals surface area contributed by atoms with Crippen LogP contribution in [0, 0.1) is 0 Å². The van der Waals surface area contributed by atoms with Gasteiger partial charge in [0.15, 0.2) is 0 Å². The Hall–Kier alpha value is -0.920. The van der Waals surface area contributed by atoms with Crippen molar-refractivity contribution in [2.75, 3.05) is 20.2 Å². The molecular weight excluding hydrogens is 242 g/mol. The van der Waals surface area contributed by atoms with Crippen molar-refractivity contribution in [3.8, 4) is 0 Å². The number of hydrogen-bond acceptors (Lipinski definition) is 4. The van der Waals surface area contributed by atoms with Gasteiger partial charge in [0.1, 0.15) is 4.90 Å². The van der Waals surface area contributed by atoms with Crippen molar-refractivity contribution in [1.29, 1.82) is 0 Å². The number of sulfonamides is 1. The molecule has 1 aromatic rings. The molecule has 1 aromatic heterocycles. The molecule has 0 saturated carbocycles. The van der Waals surface area contributed by atoms with E-state index in [2.05, 4.69) is 10.2 Å². The zero-order chi connectivity index (χ0) is 12.5. The molecule has 1 fully saturated rings. The van der Waals surface area contributed by atoms with E-state index in [0.29, 0.717) is 13.1 Å². The summed E-state index contributed by atoms with van der Waals surface area (Å²) < 4.78 is 31.4. The second kappa shape index (κ2) is 4.40. The van der Waals surface area contributed by atoms with Crippen LogP contribution in [-0.2, 0) is 14.8 Å². The van der Waals surface area contributed by atoms with Gasteiger partial charge in [-0.15, -0.1) is 0 Å². The largest absolute Gasteiger partial charge is 0.377 e. The van der Waals surface area contributed by atoms with Gasteiger partial charge in [-0.25, -0.2) is 8.42 Å². The number of aromatic nitrogens is 2. The number of aromatic amines is 1. The molecule has 0 radical (unpaired) electrons. The van der Waals surface area contributed by atoms with E-state index in [1.807, 2.05) is 6.92 Å². The third-order valence-corrected chi connectivity index (χ3v) is 5.04. The first-order valence-corrected chi connectivity index (χ1v) is 6.96. The molecule has 1 unspecified atom stereocenters. The van der Waals surface area contributed by atoms with Gasteiger partial charge in [0.2, 0.25) is 10.0 Å². The van der Waals surface area contributed by atoms with Crippen LogP contribution in [0.1, 0.15) is 19.8 Å². The molecule has 0 aromatic carbocycles. The first-order chi connectivity index (χ1) is 7.98. The Bertz CT molecular complexity index is 471.